The second kappa shape index (κ2) is 12.6. The van der Waals surface area contributed by atoms with E-state index in [9.17, 15) is 19.5 Å². The molecule has 1 aromatic carbocycles. The summed E-state index contributed by atoms with van der Waals surface area (Å²) in [6.07, 6.45) is 3.11. The number of ether oxygens (including phenoxy) is 3. The van der Waals surface area contributed by atoms with Crippen LogP contribution in [0.4, 0.5) is 9.93 Å². The van der Waals surface area contributed by atoms with Crippen molar-refractivity contribution in [1.82, 2.24) is 20.2 Å². The zero-order chi connectivity index (χ0) is 35.6. The lowest BCUT2D eigenvalue weighted by Crippen LogP contribution is -2.57. The number of nitrogens with zero attached hydrogens (tertiary/aromatic N) is 3. The number of pyridine rings is 1. The summed E-state index contributed by atoms with van der Waals surface area (Å²) in [5.74, 6) is -0.0408. The van der Waals surface area contributed by atoms with Gasteiger partial charge in [-0.05, 0) is 67.9 Å². The molecule has 50 heavy (non-hydrogen) atoms. The number of fused-ring (bicyclic) bond motifs is 1. The molecule has 0 radical (unpaired) electrons. The zero-order valence-corrected chi connectivity index (χ0v) is 30.0. The Kier molecular flexibility index (Phi) is 8.61. The number of carbonyl (C=O) groups is 3. The van der Waals surface area contributed by atoms with Gasteiger partial charge in [0.25, 0.3) is 0 Å². The summed E-state index contributed by atoms with van der Waals surface area (Å²) in [5, 5.41) is 18.8. The number of hydrogen-bond donors (Lipinski definition) is 4. The van der Waals surface area contributed by atoms with E-state index in [1.807, 2.05) is 46.1 Å². The molecule has 1 saturated heterocycles. The third-order valence-electron chi connectivity index (χ3n) is 10.6. The first kappa shape index (κ1) is 34.3. The number of primary amides is 1. The largest absolute Gasteiger partial charge is 0.491 e. The van der Waals surface area contributed by atoms with Crippen molar-refractivity contribution >= 4 is 45.3 Å². The van der Waals surface area contributed by atoms with E-state index in [1.54, 1.807) is 18.2 Å². The van der Waals surface area contributed by atoms with Crippen LogP contribution >= 0.6 is 11.3 Å². The van der Waals surface area contributed by atoms with Crippen LogP contribution in [-0.2, 0) is 14.3 Å². The van der Waals surface area contributed by atoms with E-state index in [0.717, 1.165) is 18.0 Å². The first-order chi connectivity index (χ1) is 23.7. The number of alkyl carbamates (subject to hydrolysis) is 1. The van der Waals surface area contributed by atoms with Crippen molar-refractivity contribution in [2.75, 3.05) is 25.1 Å². The molecule has 0 spiro atoms. The molecular formula is C36H46N6O7S. The second-order valence-electron chi connectivity index (χ2n) is 15.8. The Morgan fingerprint density at radius 3 is 2.50 bits per heavy atom. The van der Waals surface area contributed by atoms with Crippen molar-refractivity contribution in [1.29, 1.82) is 0 Å². The lowest BCUT2D eigenvalue weighted by Gasteiger charge is -2.35. The predicted octanol–water partition coefficient (Wildman–Crippen LogP) is 4.47. The number of likely N-dealkylation sites (tertiary alicyclic amines) is 1. The third-order valence-corrected chi connectivity index (χ3v) is 11.3. The predicted molar refractivity (Wildman–Crippen MR) is 188 cm³/mol. The monoisotopic (exact) mass is 706 g/mol. The maximum atomic E-state index is 14.2. The fourth-order valence-electron chi connectivity index (χ4n) is 7.96. The minimum absolute atomic E-state index is 0.0828. The van der Waals surface area contributed by atoms with Crippen molar-refractivity contribution in [2.24, 2.45) is 22.0 Å². The Morgan fingerprint density at radius 2 is 1.84 bits per heavy atom. The number of nitrogens with two attached hydrogens (primary N) is 1. The van der Waals surface area contributed by atoms with E-state index in [1.165, 1.54) is 29.1 Å². The van der Waals surface area contributed by atoms with E-state index >= 15 is 0 Å². The van der Waals surface area contributed by atoms with Crippen LogP contribution in [0.5, 0.6) is 11.5 Å². The van der Waals surface area contributed by atoms with Gasteiger partial charge < -0.3 is 40.6 Å². The highest BCUT2D eigenvalue weighted by Gasteiger charge is 2.86. The van der Waals surface area contributed by atoms with Crippen LogP contribution in [0.25, 0.3) is 22.3 Å². The SMILES string of the molecule is CC(C)Nc1nc(-c2cc(OC3C[C@@H](C(N)=O)N(C(=O)[C@@H](NC(=O)OC4CC56CC5(C4)C6)C(C)(C)C)C3)c3ccc(OCCO)cc3n2)cs1. The summed E-state index contributed by atoms with van der Waals surface area (Å²) in [6.45, 7) is 9.75. The molecule has 5 N–H and O–H groups in total. The smallest absolute Gasteiger partial charge is 0.408 e. The van der Waals surface area contributed by atoms with Gasteiger partial charge in [-0.25, -0.2) is 14.8 Å². The third kappa shape index (κ3) is 6.55. The summed E-state index contributed by atoms with van der Waals surface area (Å²) in [6, 6.07) is 5.49. The van der Waals surface area contributed by atoms with Gasteiger partial charge in [-0.1, -0.05) is 20.8 Å². The molecule has 3 heterocycles. The molecule has 3 atom stereocenters. The number of anilines is 1. The van der Waals surface area contributed by atoms with Crippen molar-refractivity contribution in [3.63, 3.8) is 0 Å². The molecule has 4 aliphatic rings. The number of aromatic nitrogens is 2. The van der Waals surface area contributed by atoms with Crippen LogP contribution in [-0.4, -0.2) is 88.0 Å². The molecule has 3 amide bonds. The highest BCUT2D eigenvalue weighted by molar-refractivity contribution is 7.14. The average molecular weight is 707 g/mol. The number of rotatable bonds is 12. The number of nitrogens with one attached hydrogen (secondary N) is 2. The Hall–Kier alpha value is -4.17. The van der Waals surface area contributed by atoms with E-state index in [2.05, 4.69) is 10.6 Å². The van der Waals surface area contributed by atoms with Gasteiger partial charge in [0.2, 0.25) is 11.8 Å². The summed E-state index contributed by atoms with van der Waals surface area (Å²) in [5.41, 5.74) is 7.80. The normalized spacial score (nSPS) is 27.0. The lowest BCUT2D eigenvalue weighted by atomic mass is 9.85. The molecule has 3 aliphatic carbocycles. The molecule has 13 nitrogen and oxygen atoms in total. The van der Waals surface area contributed by atoms with Gasteiger partial charge in [-0.2, -0.15) is 0 Å². The number of aliphatic hydroxyl groups is 1. The van der Waals surface area contributed by atoms with E-state index in [4.69, 9.17) is 29.9 Å². The molecular weight excluding hydrogens is 660 g/mol. The van der Waals surface area contributed by atoms with Crippen molar-refractivity contribution in [2.45, 2.75) is 97.1 Å². The molecule has 1 unspecified atom stereocenters. The quantitative estimate of drug-likeness (QED) is 0.210. The van der Waals surface area contributed by atoms with Gasteiger partial charge in [0.1, 0.15) is 48.1 Å². The fraction of sp³-hybridized carbons (Fsp3) is 0.583. The second-order valence-corrected chi connectivity index (χ2v) is 16.6. The fourth-order valence-corrected chi connectivity index (χ4v) is 8.81. The van der Waals surface area contributed by atoms with E-state index < -0.39 is 41.5 Å². The number of hydrogen-bond acceptors (Lipinski definition) is 11. The number of amides is 3. The van der Waals surface area contributed by atoms with Crippen LogP contribution in [0.2, 0.25) is 0 Å². The summed E-state index contributed by atoms with van der Waals surface area (Å²) in [4.78, 5) is 51.0. The Morgan fingerprint density at radius 1 is 1.10 bits per heavy atom. The number of aliphatic hydroxyl groups excluding tert-OH is 1. The zero-order valence-electron chi connectivity index (χ0n) is 29.2. The number of benzene rings is 1. The van der Waals surface area contributed by atoms with Crippen LogP contribution in [0.15, 0.2) is 29.6 Å². The first-order valence-electron chi connectivity index (χ1n) is 17.3. The Labute approximate surface area is 295 Å². The molecule has 1 aliphatic heterocycles. The summed E-state index contributed by atoms with van der Waals surface area (Å²) < 4.78 is 18.0. The minimum atomic E-state index is -0.957. The van der Waals surface area contributed by atoms with Gasteiger partial charge in [0.05, 0.1) is 24.4 Å². The molecule has 7 rings (SSSR count). The van der Waals surface area contributed by atoms with Crippen molar-refractivity contribution < 1.29 is 33.7 Å². The first-order valence-corrected chi connectivity index (χ1v) is 18.2. The van der Waals surface area contributed by atoms with Crippen LogP contribution in [0.3, 0.4) is 0 Å². The molecule has 4 fully saturated rings. The lowest BCUT2D eigenvalue weighted by molar-refractivity contribution is -0.141. The molecule has 3 aromatic rings. The molecule has 268 valence electrons. The van der Waals surface area contributed by atoms with Crippen LogP contribution in [0.1, 0.15) is 66.7 Å². The van der Waals surface area contributed by atoms with Gasteiger partial charge in [-0.15, -0.1) is 11.3 Å². The molecule has 2 aromatic heterocycles. The summed E-state index contributed by atoms with van der Waals surface area (Å²) >= 11 is 1.47. The average Bonchev–Trinajstić information content (AvgIpc) is 3.47. The van der Waals surface area contributed by atoms with Gasteiger partial charge in [0, 0.05) is 35.4 Å². The van der Waals surface area contributed by atoms with Gasteiger partial charge in [0.15, 0.2) is 5.13 Å². The molecule has 3 saturated carbocycles. The van der Waals surface area contributed by atoms with Crippen molar-refractivity contribution in [3.8, 4) is 22.9 Å². The number of thiazole rings is 1. The topological polar surface area (TPSA) is 178 Å². The molecule has 0 bridgehead atoms. The van der Waals surface area contributed by atoms with E-state index in [0.29, 0.717) is 44.6 Å². The van der Waals surface area contributed by atoms with Crippen molar-refractivity contribution in [3.05, 3.63) is 29.6 Å². The highest BCUT2D eigenvalue weighted by Crippen LogP contribution is 2.93. The van der Waals surface area contributed by atoms with Gasteiger partial charge in [-0.3, -0.25) is 9.59 Å². The Balaban J connectivity index is 1.12. The minimum Gasteiger partial charge on any atom is -0.491 e. The van der Waals surface area contributed by atoms with Crippen LogP contribution < -0.4 is 25.8 Å². The molecule has 14 heteroatoms. The maximum absolute atomic E-state index is 14.2. The Bertz CT molecular complexity index is 1800. The summed E-state index contributed by atoms with van der Waals surface area (Å²) in [7, 11) is 0. The number of carbonyl (C=O) groups excluding carboxylic acids is 3. The maximum Gasteiger partial charge on any atom is 0.408 e. The standard InChI is InChI=1S/C36H46N6O7S/c1-19(2)38-32-40-26(16-50-32)25-12-28(23-7-6-20(47-9-8-43)10-24(23)39-25)48-21-11-27(30(37)44)42(15-21)31(45)29(34(3,4)5)41-33(46)49-22-13-35-17-36(35,14-22)18-35/h6-7,10,12,16,19,21-22,27,29,43H,8-9,11,13-15,17-18H2,1-5H3,(H2,37,44)(H,38,40)(H,41,46)/t21?,22?,27-,29+,35?,36?/m0/s1. The van der Waals surface area contributed by atoms with Crippen LogP contribution in [0, 0.1) is 16.2 Å². The van der Waals surface area contributed by atoms with Gasteiger partial charge >= 0.3 is 6.09 Å². The highest BCUT2D eigenvalue weighted by atomic mass is 32.1. The van der Waals surface area contributed by atoms with E-state index in [-0.39, 0.29) is 38.3 Å².